The molecule has 0 saturated carbocycles. The number of anilines is 3. The highest BCUT2D eigenvalue weighted by Gasteiger charge is 2.24. The molecule has 2 heterocycles. The average Bonchev–Trinajstić information content (AvgIpc) is 3.13. The van der Waals surface area contributed by atoms with Gasteiger partial charge in [0.1, 0.15) is 10.7 Å². The van der Waals surface area contributed by atoms with Gasteiger partial charge >= 0.3 is 0 Å². The Morgan fingerprint density at radius 1 is 1.11 bits per heavy atom. The maximum Gasteiger partial charge on any atom is 0.263 e. The minimum Gasteiger partial charge on any atom is -0.448 e. The van der Waals surface area contributed by atoms with Gasteiger partial charge in [-0.25, -0.2) is 8.42 Å². The molecule has 0 atom stereocenters. The van der Waals surface area contributed by atoms with Crippen LogP contribution in [0.2, 0.25) is 5.02 Å². The Balaban J connectivity index is 1.55. The third-order valence-electron chi connectivity index (χ3n) is 4.15. The maximum absolute atomic E-state index is 12.5. The van der Waals surface area contributed by atoms with E-state index >= 15 is 0 Å². The second-order valence-electron chi connectivity index (χ2n) is 5.86. The maximum atomic E-state index is 12.5. The molecule has 0 spiro atoms. The molecule has 0 amide bonds. The molecule has 0 saturated heterocycles. The summed E-state index contributed by atoms with van der Waals surface area (Å²) in [6.45, 7) is 0.379. The van der Waals surface area contributed by atoms with E-state index in [0.29, 0.717) is 29.6 Å². The van der Waals surface area contributed by atoms with E-state index in [1.54, 1.807) is 47.4 Å². The van der Waals surface area contributed by atoms with Gasteiger partial charge in [0.2, 0.25) is 5.88 Å². The number of sulfonamides is 1. The summed E-state index contributed by atoms with van der Waals surface area (Å²) in [7, 11) is -3.79. The molecular weight excluding hydrogens is 388 g/mol. The van der Waals surface area contributed by atoms with Gasteiger partial charge in [0.25, 0.3) is 10.0 Å². The first-order chi connectivity index (χ1) is 13.0. The first kappa shape index (κ1) is 17.4. The lowest BCUT2D eigenvalue weighted by molar-refractivity contribution is 0.577. The number of hydrogen-bond donors (Lipinski definition) is 3. The van der Waals surface area contributed by atoms with Crippen molar-refractivity contribution in [3.63, 3.8) is 0 Å². The number of nitrogens with zero attached hydrogens (tertiary/aromatic N) is 1. The van der Waals surface area contributed by atoms with Crippen molar-refractivity contribution >= 4 is 44.7 Å². The van der Waals surface area contributed by atoms with Gasteiger partial charge in [-0.15, -0.1) is 0 Å². The summed E-state index contributed by atoms with van der Waals surface area (Å²) in [6.07, 6.45) is 1.53. The normalized spacial score (nSPS) is 13.8. The first-order valence-corrected chi connectivity index (χ1v) is 9.87. The molecule has 3 N–H and O–H groups in total. The Bertz CT molecular complexity index is 1110. The van der Waals surface area contributed by atoms with Crippen LogP contribution in [0.1, 0.15) is 5.56 Å². The first-order valence-electron chi connectivity index (χ1n) is 8.01. The largest absolute Gasteiger partial charge is 0.448 e. The molecule has 0 radical (unpaired) electrons. The van der Waals surface area contributed by atoms with E-state index in [4.69, 9.17) is 21.4 Å². The zero-order valence-corrected chi connectivity index (χ0v) is 15.5. The van der Waals surface area contributed by atoms with Crippen molar-refractivity contribution in [2.24, 2.45) is 0 Å². The smallest absolute Gasteiger partial charge is 0.263 e. The van der Waals surface area contributed by atoms with Crippen LogP contribution in [0.5, 0.6) is 0 Å². The Morgan fingerprint density at radius 2 is 1.85 bits per heavy atom. The number of rotatable bonds is 4. The van der Waals surface area contributed by atoms with Gasteiger partial charge in [-0.3, -0.25) is 10.1 Å². The Kier molecular flexibility index (Phi) is 4.29. The topological polar surface area (TPSA) is 98.4 Å². The van der Waals surface area contributed by atoms with Crippen LogP contribution in [0.25, 0.3) is 0 Å². The van der Waals surface area contributed by atoms with Crippen molar-refractivity contribution in [2.75, 3.05) is 21.6 Å². The SMILES string of the molecule is N=C1c2ccoc2NCN1c1ccc(NS(=O)(=O)c2ccccc2Cl)cc1. The van der Waals surface area contributed by atoms with Crippen LogP contribution in [0.4, 0.5) is 17.3 Å². The zero-order valence-electron chi connectivity index (χ0n) is 13.9. The van der Waals surface area contributed by atoms with Crippen molar-refractivity contribution in [1.29, 1.82) is 5.41 Å². The number of fused-ring (bicyclic) bond motifs is 1. The lowest BCUT2D eigenvalue weighted by Crippen LogP contribution is -2.39. The summed E-state index contributed by atoms with van der Waals surface area (Å²) in [5.41, 5.74) is 1.82. The molecule has 2 aromatic carbocycles. The lowest BCUT2D eigenvalue weighted by Gasteiger charge is -2.29. The molecule has 0 fully saturated rings. The number of furan rings is 1. The third-order valence-corrected chi connectivity index (χ3v) is 6.03. The van der Waals surface area contributed by atoms with Crippen LogP contribution in [0.3, 0.4) is 0 Å². The molecule has 4 rings (SSSR count). The molecule has 9 heteroatoms. The van der Waals surface area contributed by atoms with Gasteiger partial charge in [-0.2, -0.15) is 0 Å². The second kappa shape index (κ2) is 6.64. The van der Waals surface area contributed by atoms with E-state index in [9.17, 15) is 8.42 Å². The van der Waals surface area contributed by atoms with E-state index in [0.717, 1.165) is 5.69 Å². The fourth-order valence-electron chi connectivity index (χ4n) is 2.81. The second-order valence-corrected chi connectivity index (χ2v) is 7.92. The monoisotopic (exact) mass is 402 g/mol. The van der Waals surface area contributed by atoms with Crippen LogP contribution in [-0.4, -0.2) is 20.9 Å². The Labute approximate surface area is 161 Å². The quantitative estimate of drug-likeness (QED) is 0.613. The Hall–Kier alpha value is -2.97. The summed E-state index contributed by atoms with van der Waals surface area (Å²) < 4.78 is 32.8. The predicted molar refractivity (Wildman–Crippen MR) is 105 cm³/mol. The van der Waals surface area contributed by atoms with E-state index < -0.39 is 10.0 Å². The molecule has 7 nitrogen and oxygen atoms in total. The van der Waals surface area contributed by atoms with E-state index in [1.165, 1.54) is 18.4 Å². The van der Waals surface area contributed by atoms with E-state index in [2.05, 4.69) is 10.0 Å². The molecule has 27 heavy (non-hydrogen) atoms. The number of halogens is 1. The standard InChI is InChI=1S/C18H15ClN4O3S/c19-15-3-1-2-4-16(15)27(24,25)22-12-5-7-13(8-6-12)23-11-21-18-14(17(23)20)9-10-26-18/h1-10,20-22H,11H2. The average molecular weight is 403 g/mol. The molecule has 0 unspecified atom stereocenters. The summed E-state index contributed by atoms with van der Waals surface area (Å²) in [5, 5.41) is 11.6. The number of amidine groups is 1. The van der Waals surface area contributed by atoms with Crippen LogP contribution in [-0.2, 0) is 10.0 Å². The van der Waals surface area contributed by atoms with Gasteiger partial charge in [0.15, 0.2) is 0 Å². The number of benzene rings is 2. The minimum atomic E-state index is -3.79. The minimum absolute atomic E-state index is 0.0187. The number of hydrogen-bond acceptors (Lipinski definition) is 5. The van der Waals surface area contributed by atoms with Crippen molar-refractivity contribution in [1.82, 2.24) is 0 Å². The predicted octanol–water partition coefficient (Wildman–Crippen LogP) is 3.95. The van der Waals surface area contributed by atoms with Gasteiger partial charge in [0, 0.05) is 11.4 Å². The highest BCUT2D eigenvalue weighted by molar-refractivity contribution is 7.92. The Morgan fingerprint density at radius 3 is 2.59 bits per heavy atom. The highest BCUT2D eigenvalue weighted by atomic mass is 35.5. The molecule has 1 aliphatic rings. The van der Waals surface area contributed by atoms with Crippen molar-refractivity contribution in [3.05, 3.63) is 71.4 Å². The lowest BCUT2D eigenvalue weighted by atomic mass is 10.2. The van der Waals surface area contributed by atoms with Crippen molar-refractivity contribution < 1.29 is 12.8 Å². The molecular formula is C18H15ClN4O3S. The summed E-state index contributed by atoms with van der Waals surface area (Å²) in [4.78, 5) is 1.77. The molecule has 0 bridgehead atoms. The van der Waals surface area contributed by atoms with Gasteiger partial charge in [-0.1, -0.05) is 23.7 Å². The van der Waals surface area contributed by atoms with Crippen molar-refractivity contribution in [3.8, 4) is 0 Å². The summed E-state index contributed by atoms with van der Waals surface area (Å²) >= 11 is 5.99. The van der Waals surface area contributed by atoms with Gasteiger partial charge in [-0.05, 0) is 42.5 Å². The number of nitrogens with one attached hydrogen (secondary N) is 3. The fourth-order valence-corrected chi connectivity index (χ4v) is 4.39. The van der Waals surface area contributed by atoms with Gasteiger partial charge < -0.3 is 14.6 Å². The molecule has 138 valence electrons. The highest BCUT2D eigenvalue weighted by Crippen LogP contribution is 2.29. The van der Waals surface area contributed by atoms with Crippen LogP contribution in [0, 0.1) is 5.41 Å². The molecule has 0 aliphatic carbocycles. The molecule has 1 aliphatic heterocycles. The van der Waals surface area contributed by atoms with Crippen LogP contribution >= 0.6 is 11.6 Å². The van der Waals surface area contributed by atoms with Crippen molar-refractivity contribution in [2.45, 2.75) is 4.90 Å². The van der Waals surface area contributed by atoms with E-state index in [-0.39, 0.29) is 9.92 Å². The van der Waals surface area contributed by atoms with Crippen LogP contribution in [0.15, 0.2) is 70.2 Å². The summed E-state index contributed by atoms with van der Waals surface area (Å²) in [6, 6.07) is 14.7. The third kappa shape index (κ3) is 3.24. The zero-order chi connectivity index (χ0) is 19.0. The van der Waals surface area contributed by atoms with Gasteiger partial charge in [0.05, 0.1) is 23.5 Å². The fraction of sp³-hybridized carbons (Fsp3) is 0.0556. The van der Waals surface area contributed by atoms with Crippen LogP contribution < -0.4 is 14.9 Å². The van der Waals surface area contributed by atoms with E-state index in [1.807, 2.05) is 0 Å². The molecule has 1 aromatic heterocycles. The summed E-state index contributed by atoms with van der Waals surface area (Å²) in [5.74, 6) is 0.877. The molecule has 3 aromatic rings.